The molecule has 0 aromatic heterocycles. The van der Waals surface area contributed by atoms with Crippen LogP contribution in [0.1, 0.15) is 104 Å². The first-order valence-corrected chi connectivity index (χ1v) is 14.0. The molecule has 1 aromatic rings. The van der Waals surface area contributed by atoms with Crippen molar-refractivity contribution in [3.8, 4) is 5.75 Å². The highest BCUT2D eigenvalue weighted by Crippen LogP contribution is 2.63. The number of hydrogen-bond donors (Lipinski definition) is 0. The third-order valence-corrected chi connectivity index (χ3v) is 8.19. The van der Waals surface area contributed by atoms with Gasteiger partial charge in [-0.25, -0.2) is 9.59 Å². The largest absolute Gasteiger partial charge is 0.514 e. The predicted octanol–water partition coefficient (Wildman–Crippen LogP) is 6.88. The summed E-state index contributed by atoms with van der Waals surface area (Å²) in [6.45, 7) is 17.5. The maximum atomic E-state index is 14.1. The highest BCUT2D eigenvalue weighted by molar-refractivity contribution is 6.29. The first-order chi connectivity index (χ1) is 18.5. The van der Waals surface area contributed by atoms with Gasteiger partial charge in [-0.15, -0.1) is 0 Å². The highest BCUT2D eigenvalue weighted by Gasteiger charge is 2.65. The number of halogens is 3. The van der Waals surface area contributed by atoms with Gasteiger partial charge in [0.25, 0.3) is 7.48 Å². The monoisotopic (exact) mass is 584 g/mol. The number of hydrogen-bond acceptors (Lipinski definition) is 6. The molecule has 0 saturated heterocycles. The van der Waals surface area contributed by atoms with Crippen LogP contribution < -0.4 is 4.74 Å². The minimum atomic E-state index is -4.93. The molecule has 1 aromatic carbocycles. The van der Waals surface area contributed by atoms with Crippen molar-refractivity contribution in [3.05, 3.63) is 28.8 Å². The van der Waals surface area contributed by atoms with Gasteiger partial charge in [-0.2, -0.15) is 13.2 Å². The van der Waals surface area contributed by atoms with E-state index in [1.165, 1.54) is 26.8 Å². The van der Waals surface area contributed by atoms with E-state index in [0.717, 1.165) is 18.9 Å². The Hall–Kier alpha value is -2.27. The zero-order valence-electron chi connectivity index (χ0n) is 25.7. The molecule has 41 heavy (non-hydrogen) atoms. The van der Waals surface area contributed by atoms with Gasteiger partial charge in [0.05, 0.1) is 5.56 Å². The average molecular weight is 584 g/mol. The fourth-order valence-electron chi connectivity index (χ4n) is 6.00. The second-order valence-electron chi connectivity index (χ2n) is 14.3. The highest BCUT2D eigenvalue weighted by atomic mass is 19.4. The van der Waals surface area contributed by atoms with Crippen LogP contribution in [0.15, 0.2) is 12.1 Å². The van der Waals surface area contributed by atoms with E-state index in [1.807, 2.05) is 13.8 Å². The lowest BCUT2D eigenvalue weighted by molar-refractivity contribution is -0.234. The molecule has 3 aliphatic carbocycles. The minimum Gasteiger partial charge on any atom is -0.456 e. The van der Waals surface area contributed by atoms with Gasteiger partial charge in [-0.05, 0) is 96.0 Å². The van der Waals surface area contributed by atoms with Gasteiger partial charge in [-0.3, -0.25) is 0 Å². The Morgan fingerprint density at radius 2 is 1.61 bits per heavy atom. The molecule has 5 atom stereocenters. The van der Waals surface area contributed by atoms with Gasteiger partial charge in [0.1, 0.15) is 22.4 Å². The maximum Gasteiger partial charge on any atom is 0.514 e. The van der Waals surface area contributed by atoms with Crippen molar-refractivity contribution in [2.45, 2.75) is 123 Å². The Bertz CT molecular complexity index is 1150. The summed E-state index contributed by atoms with van der Waals surface area (Å²) in [6, 6.07) is 1.99. The summed E-state index contributed by atoms with van der Waals surface area (Å²) < 4.78 is 64.5. The quantitative estimate of drug-likeness (QED) is 0.150. The predicted molar refractivity (Wildman–Crippen MR) is 149 cm³/mol. The Labute approximate surface area is 241 Å². The molecular weight excluding hydrogens is 540 g/mol. The van der Waals surface area contributed by atoms with Crippen molar-refractivity contribution >= 4 is 19.6 Å². The van der Waals surface area contributed by atoms with Crippen molar-refractivity contribution < 1.29 is 46.7 Å². The van der Waals surface area contributed by atoms with Crippen LogP contribution in [0.3, 0.4) is 0 Å². The first kappa shape index (κ1) is 33.2. The number of fused-ring (bicyclic) bond motifs is 2. The van der Waals surface area contributed by atoms with Crippen LogP contribution in [-0.2, 0) is 26.7 Å². The molecule has 0 amide bonds. The number of alkyl halides is 3. The number of benzene rings is 1. The molecule has 3 saturated carbocycles. The average Bonchev–Trinajstić information content (AvgIpc) is 2.77. The van der Waals surface area contributed by atoms with Crippen LogP contribution in [0.25, 0.3) is 0 Å². The summed E-state index contributed by atoms with van der Waals surface area (Å²) in [7, 11) is 1.61. The Kier molecular flexibility index (Phi) is 9.00. The molecule has 0 spiro atoms. The van der Waals surface area contributed by atoms with Gasteiger partial charge >= 0.3 is 18.3 Å². The van der Waals surface area contributed by atoms with E-state index in [2.05, 4.69) is 13.8 Å². The molecule has 11 heteroatoms. The van der Waals surface area contributed by atoms with E-state index in [1.54, 1.807) is 28.3 Å². The molecule has 1 radical (unpaired) electrons. The van der Waals surface area contributed by atoms with Crippen LogP contribution >= 0.6 is 0 Å². The summed E-state index contributed by atoms with van der Waals surface area (Å²) in [5.74, 6) is -1.50. The van der Waals surface area contributed by atoms with E-state index >= 15 is 0 Å². The normalized spacial score (nSPS) is 26.4. The standard InChI is InChI=1S/C30H43BF3O7/c1-16(31-41-29(10)20-14-18(15-21(29)35)28(20,8)9)13-17-11-12-19(30(32,33)34)22(24(36)39-26(2,3)4)23(17)38-25(37)40-27(5,6)7/h11-12,16,18,20-21,35H,13-15H2,1-10H3/p+1/t16-,18?,20+,21-,29+/m1/s1. The van der Waals surface area contributed by atoms with Gasteiger partial charge < -0.3 is 24.0 Å². The van der Waals surface area contributed by atoms with Crippen LogP contribution in [-0.4, -0.2) is 47.6 Å². The Morgan fingerprint density at radius 1 is 1.02 bits per heavy atom. The number of carbonyl (C=O) groups excluding carboxylic acids is 2. The molecule has 3 aliphatic rings. The molecule has 2 N–H and O–H groups in total. The van der Waals surface area contributed by atoms with Crippen molar-refractivity contribution in [2.24, 2.45) is 17.3 Å². The van der Waals surface area contributed by atoms with Gasteiger partial charge in [0.2, 0.25) is 0 Å². The zero-order chi connectivity index (χ0) is 31.3. The minimum absolute atomic E-state index is 0.0630. The van der Waals surface area contributed by atoms with Crippen molar-refractivity contribution in [1.29, 1.82) is 0 Å². The van der Waals surface area contributed by atoms with E-state index in [-0.39, 0.29) is 29.1 Å². The Balaban J connectivity index is 1.96. The summed E-state index contributed by atoms with van der Waals surface area (Å²) in [4.78, 5) is 25.8. The van der Waals surface area contributed by atoms with Crippen LogP contribution in [0.4, 0.5) is 18.0 Å². The molecule has 4 rings (SSSR count). The number of esters is 1. The van der Waals surface area contributed by atoms with Gasteiger partial charge in [0.15, 0.2) is 11.9 Å². The van der Waals surface area contributed by atoms with Crippen molar-refractivity contribution in [1.82, 2.24) is 0 Å². The van der Waals surface area contributed by atoms with Crippen LogP contribution in [0.2, 0.25) is 5.82 Å². The topological polar surface area (TPSA) is 94.0 Å². The number of ether oxygens (including phenoxy) is 3. The van der Waals surface area contributed by atoms with Crippen LogP contribution in [0, 0.1) is 17.3 Å². The van der Waals surface area contributed by atoms with Gasteiger partial charge in [0, 0.05) is 6.42 Å². The van der Waals surface area contributed by atoms with Crippen molar-refractivity contribution in [3.63, 3.8) is 0 Å². The smallest absolute Gasteiger partial charge is 0.456 e. The van der Waals surface area contributed by atoms with E-state index in [4.69, 9.17) is 24.0 Å². The molecule has 1 unspecified atom stereocenters. The molecular formula is C30H44BF3O7+. The maximum absolute atomic E-state index is 14.1. The molecule has 7 nitrogen and oxygen atoms in total. The number of carbonyl (C=O) groups is 2. The van der Waals surface area contributed by atoms with Gasteiger partial charge in [-0.1, -0.05) is 26.8 Å². The molecule has 0 aliphatic heterocycles. The summed E-state index contributed by atoms with van der Waals surface area (Å²) in [6.07, 6.45) is -4.75. The Morgan fingerprint density at radius 3 is 2.12 bits per heavy atom. The van der Waals surface area contributed by atoms with Crippen molar-refractivity contribution in [2.75, 3.05) is 0 Å². The van der Waals surface area contributed by atoms with E-state index in [9.17, 15) is 22.8 Å². The second kappa shape index (κ2) is 11.1. The first-order valence-electron chi connectivity index (χ1n) is 14.0. The third kappa shape index (κ3) is 7.39. The number of rotatable bonds is 7. The molecule has 229 valence electrons. The second-order valence-corrected chi connectivity index (χ2v) is 14.3. The SMILES string of the molecule is C[C@@H]([B]O[C@]1(C)[C@H]([OH2+])CC2C[C@H]1C2(C)C)Cc1ccc(C(F)(F)F)c(C(=O)OC(C)(C)C)c1OC(=O)OC(C)(C)C. The fourth-order valence-corrected chi connectivity index (χ4v) is 6.00. The lowest BCUT2D eigenvalue weighted by Crippen LogP contribution is -2.67. The van der Waals surface area contributed by atoms with E-state index < -0.39 is 58.1 Å². The summed E-state index contributed by atoms with van der Waals surface area (Å²) in [5.41, 5.74) is -4.73. The lowest BCUT2D eigenvalue weighted by Gasteiger charge is -2.64. The summed E-state index contributed by atoms with van der Waals surface area (Å²) in [5, 5.41) is 8.67. The molecule has 3 fully saturated rings. The third-order valence-electron chi connectivity index (χ3n) is 8.19. The molecule has 0 heterocycles. The van der Waals surface area contributed by atoms with Crippen LogP contribution in [0.5, 0.6) is 5.75 Å². The summed E-state index contributed by atoms with van der Waals surface area (Å²) >= 11 is 0. The molecule has 2 bridgehead atoms. The lowest BCUT2D eigenvalue weighted by atomic mass is 9.43. The van der Waals surface area contributed by atoms with E-state index in [0.29, 0.717) is 5.92 Å². The fraction of sp³-hybridized carbons (Fsp3) is 0.733. The zero-order valence-corrected chi connectivity index (χ0v) is 25.7.